The van der Waals surface area contributed by atoms with Crippen molar-refractivity contribution in [3.8, 4) is 11.5 Å². The van der Waals surface area contributed by atoms with Gasteiger partial charge in [0.2, 0.25) is 0 Å². The van der Waals surface area contributed by atoms with Crippen LogP contribution in [0.4, 0.5) is 0 Å². The van der Waals surface area contributed by atoms with Gasteiger partial charge in [-0.2, -0.15) is 0 Å². The van der Waals surface area contributed by atoms with Gasteiger partial charge in [-0.1, -0.05) is 32.6 Å². The highest BCUT2D eigenvalue weighted by molar-refractivity contribution is 6.52. The summed E-state index contributed by atoms with van der Waals surface area (Å²) in [7, 11) is 0. The molecular weight excluding hydrogens is 283 g/mol. The molecule has 1 atom stereocenters. The Morgan fingerprint density at radius 3 is 2.11 bits per heavy atom. The van der Waals surface area contributed by atoms with Crippen molar-refractivity contribution >= 4 is 23.2 Å². The fourth-order valence-corrected chi connectivity index (χ4v) is 3.65. The van der Waals surface area contributed by atoms with Gasteiger partial charge >= 0.3 is 0 Å². The summed E-state index contributed by atoms with van der Waals surface area (Å²) in [6, 6.07) is 4.64. The van der Waals surface area contributed by atoms with Crippen LogP contribution in [-0.2, 0) is 5.41 Å². The molecule has 0 saturated heterocycles. The van der Waals surface area contributed by atoms with Crippen molar-refractivity contribution in [1.82, 2.24) is 0 Å². The zero-order chi connectivity index (χ0) is 14.1. The van der Waals surface area contributed by atoms with Gasteiger partial charge in [-0.3, -0.25) is 0 Å². The Labute approximate surface area is 124 Å². The van der Waals surface area contributed by atoms with Crippen molar-refractivity contribution < 1.29 is 10.2 Å². The predicted molar refractivity (Wildman–Crippen MR) is 79.3 cm³/mol. The fourth-order valence-electron chi connectivity index (χ4n) is 2.79. The molecule has 4 heteroatoms. The summed E-state index contributed by atoms with van der Waals surface area (Å²) in [6.45, 7) is 2.17. The van der Waals surface area contributed by atoms with Crippen molar-refractivity contribution in [2.24, 2.45) is 0 Å². The quantitative estimate of drug-likeness (QED) is 0.580. The van der Waals surface area contributed by atoms with Crippen LogP contribution >= 0.6 is 23.2 Å². The van der Waals surface area contributed by atoms with Crippen LogP contribution in [0, 0.1) is 0 Å². The number of rotatable bonds is 6. The Kier molecular flexibility index (Phi) is 4.22. The number of benzene rings is 1. The first-order valence-corrected chi connectivity index (χ1v) is 7.58. The molecule has 1 aliphatic rings. The van der Waals surface area contributed by atoms with Gasteiger partial charge in [-0.15, -0.1) is 23.2 Å². The maximum atomic E-state index is 9.62. The van der Waals surface area contributed by atoms with Gasteiger partial charge in [0, 0.05) is 11.5 Å². The lowest BCUT2D eigenvalue weighted by Crippen LogP contribution is -2.15. The van der Waals surface area contributed by atoms with E-state index in [0.717, 1.165) is 24.8 Å². The van der Waals surface area contributed by atoms with Crippen LogP contribution in [0.3, 0.4) is 0 Å². The highest BCUT2D eigenvalue weighted by atomic mass is 35.5. The first kappa shape index (κ1) is 14.8. The fraction of sp³-hybridized carbons (Fsp3) is 0.600. The molecule has 1 aromatic rings. The Bertz CT molecular complexity index is 439. The molecule has 0 aromatic heterocycles. The van der Waals surface area contributed by atoms with Crippen molar-refractivity contribution in [3.05, 3.63) is 23.8 Å². The molecule has 1 saturated carbocycles. The molecule has 1 fully saturated rings. The number of aromatic hydroxyl groups is 2. The molecule has 106 valence electrons. The van der Waals surface area contributed by atoms with Gasteiger partial charge in [0.05, 0.1) is 0 Å². The van der Waals surface area contributed by atoms with E-state index in [2.05, 4.69) is 6.92 Å². The van der Waals surface area contributed by atoms with Gasteiger partial charge < -0.3 is 10.2 Å². The average Bonchev–Trinajstić information content (AvgIpc) is 2.87. The molecule has 0 spiro atoms. The van der Waals surface area contributed by atoms with E-state index in [1.165, 1.54) is 18.9 Å². The molecule has 1 unspecified atom stereocenters. The average molecular weight is 303 g/mol. The molecule has 1 aliphatic carbocycles. The highest BCUT2D eigenvalue weighted by Gasteiger charge is 2.66. The summed E-state index contributed by atoms with van der Waals surface area (Å²) in [5.74, 6) is 0.109. The lowest BCUT2D eigenvalue weighted by atomic mass is 9.89. The molecule has 0 amide bonds. The van der Waals surface area contributed by atoms with E-state index in [4.69, 9.17) is 23.2 Å². The standard InChI is InChI=1S/C15H20Cl2O2/c1-2-3-4-5-6-14(10-15(14,16)17)11-7-12(18)9-13(19)8-11/h7-9,18-19H,2-6,10H2,1H3. The summed E-state index contributed by atoms with van der Waals surface area (Å²) in [5.41, 5.74) is 0.520. The summed E-state index contributed by atoms with van der Waals surface area (Å²) in [4.78, 5) is 0. The monoisotopic (exact) mass is 302 g/mol. The van der Waals surface area contributed by atoms with Crippen molar-refractivity contribution in [1.29, 1.82) is 0 Å². The number of unbranched alkanes of at least 4 members (excludes halogenated alkanes) is 3. The Balaban J connectivity index is 2.16. The minimum absolute atomic E-state index is 0.0546. The van der Waals surface area contributed by atoms with E-state index in [1.54, 1.807) is 12.1 Å². The first-order chi connectivity index (χ1) is 8.91. The molecule has 0 aliphatic heterocycles. The summed E-state index contributed by atoms with van der Waals surface area (Å²) < 4.78 is -0.778. The second-order valence-corrected chi connectivity index (χ2v) is 7.00. The molecule has 2 N–H and O–H groups in total. The topological polar surface area (TPSA) is 40.5 Å². The zero-order valence-corrected chi connectivity index (χ0v) is 12.6. The first-order valence-electron chi connectivity index (χ1n) is 6.82. The molecule has 1 aromatic carbocycles. The van der Waals surface area contributed by atoms with E-state index in [-0.39, 0.29) is 16.9 Å². The second kappa shape index (κ2) is 5.41. The van der Waals surface area contributed by atoms with Gasteiger partial charge in [-0.25, -0.2) is 0 Å². The van der Waals surface area contributed by atoms with Crippen LogP contribution < -0.4 is 0 Å². The SMILES string of the molecule is CCCCCCC1(c2cc(O)cc(O)c2)CC1(Cl)Cl. The minimum Gasteiger partial charge on any atom is -0.508 e. The van der Waals surface area contributed by atoms with Crippen LogP contribution in [0.5, 0.6) is 11.5 Å². The molecule has 19 heavy (non-hydrogen) atoms. The number of hydrogen-bond acceptors (Lipinski definition) is 2. The van der Waals surface area contributed by atoms with Gasteiger partial charge in [-0.05, 0) is 30.5 Å². The largest absolute Gasteiger partial charge is 0.508 e. The number of hydrogen-bond donors (Lipinski definition) is 2. The van der Waals surface area contributed by atoms with Crippen LogP contribution in [0.15, 0.2) is 18.2 Å². The lowest BCUT2D eigenvalue weighted by Gasteiger charge is -2.19. The Morgan fingerprint density at radius 2 is 1.63 bits per heavy atom. The molecule has 0 radical (unpaired) electrons. The third-order valence-electron chi connectivity index (χ3n) is 4.01. The second-order valence-electron chi connectivity index (χ2n) is 5.51. The number of alkyl halides is 2. The van der Waals surface area contributed by atoms with Crippen LogP contribution in [0.1, 0.15) is 51.0 Å². The number of halogens is 2. The molecular formula is C15H20Cl2O2. The van der Waals surface area contributed by atoms with Gasteiger partial charge in [0.15, 0.2) is 0 Å². The molecule has 2 rings (SSSR count). The summed E-state index contributed by atoms with van der Waals surface area (Å²) in [5, 5.41) is 19.2. The van der Waals surface area contributed by atoms with E-state index in [9.17, 15) is 10.2 Å². The smallest absolute Gasteiger partial charge is 0.129 e. The maximum Gasteiger partial charge on any atom is 0.129 e. The maximum absolute atomic E-state index is 9.62. The molecule has 2 nitrogen and oxygen atoms in total. The van der Waals surface area contributed by atoms with Crippen LogP contribution in [0.25, 0.3) is 0 Å². The van der Waals surface area contributed by atoms with Crippen molar-refractivity contribution in [2.45, 2.75) is 55.2 Å². The Hall–Kier alpha value is -0.600. The van der Waals surface area contributed by atoms with Gasteiger partial charge in [0.1, 0.15) is 15.8 Å². The van der Waals surface area contributed by atoms with E-state index < -0.39 is 4.33 Å². The molecule has 0 heterocycles. The lowest BCUT2D eigenvalue weighted by molar-refractivity contribution is 0.445. The van der Waals surface area contributed by atoms with Crippen LogP contribution in [-0.4, -0.2) is 14.5 Å². The number of phenols is 2. The molecule has 0 bridgehead atoms. The van der Waals surface area contributed by atoms with Gasteiger partial charge in [0.25, 0.3) is 0 Å². The third-order valence-corrected chi connectivity index (χ3v) is 5.00. The van der Waals surface area contributed by atoms with Crippen LogP contribution in [0.2, 0.25) is 0 Å². The van der Waals surface area contributed by atoms with Crippen molar-refractivity contribution in [3.63, 3.8) is 0 Å². The normalized spacial score (nSPS) is 24.4. The summed E-state index contributed by atoms with van der Waals surface area (Å²) >= 11 is 12.6. The van der Waals surface area contributed by atoms with E-state index in [0.29, 0.717) is 6.42 Å². The minimum atomic E-state index is -0.778. The predicted octanol–water partition coefficient (Wildman–Crippen LogP) is 4.88. The van der Waals surface area contributed by atoms with Crippen molar-refractivity contribution in [2.75, 3.05) is 0 Å². The van der Waals surface area contributed by atoms with E-state index in [1.807, 2.05) is 0 Å². The number of phenolic OH excluding ortho intramolecular Hbond substituents is 2. The third kappa shape index (κ3) is 2.95. The summed E-state index contributed by atoms with van der Waals surface area (Å²) in [6.07, 6.45) is 6.19. The Morgan fingerprint density at radius 1 is 1.05 bits per heavy atom. The van der Waals surface area contributed by atoms with E-state index >= 15 is 0 Å². The highest BCUT2D eigenvalue weighted by Crippen LogP contribution is 2.67. The zero-order valence-electron chi connectivity index (χ0n) is 11.1.